The van der Waals surface area contributed by atoms with E-state index >= 15 is 0 Å². The molecule has 0 unspecified atom stereocenters. The first-order valence-corrected chi connectivity index (χ1v) is 8.47. The van der Waals surface area contributed by atoms with Gasteiger partial charge in [0.2, 0.25) is 5.91 Å². The Bertz CT molecular complexity index is 572. The van der Waals surface area contributed by atoms with Crippen LogP contribution in [0.4, 0.5) is 0 Å². The van der Waals surface area contributed by atoms with E-state index in [1.165, 1.54) is 12.1 Å². The zero-order valence-electron chi connectivity index (χ0n) is 11.6. The largest absolute Gasteiger partial charge is 0.391 e. The number of carbonyl (C=O) groups excluding carboxylic acids is 1. The molecule has 0 bridgehead atoms. The average Bonchev–Trinajstić information content (AvgIpc) is 2.49. The molecule has 2 atom stereocenters. The molecule has 0 aromatic heterocycles. The number of rotatable bonds is 5. The number of sulfone groups is 1. The minimum Gasteiger partial charge on any atom is -0.391 e. The predicted molar refractivity (Wildman–Crippen MR) is 76.5 cm³/mol. The van der Waals surface area contributed by atoms with Gasteiger partial charge in [0, 0.05) is 13.0 Å². The molecule has 1 saturated heterocycles. The summed E-state index contributed by atoms with van der Waals surface area (Å²) in [6.45, 7) is 0.717. The highest BCUT2D eigenvalue weighted by molar-refractivity contribution is 7.91. The Morgan fingerprint density at radius 1 is 1.33 bits per heavy atom. The summed E-state index contributed by atoms with van der Waals surface area (Å²) in [5.41, 5.74) is 0. The molecule has 1 aromatic rings. The number of benzene rings is 1. The lowest BCUT2D eigenvalue weighted by Gasteiger charge is -2.28. The molecule has 0 radical (unpaired) electrons. The van der Waals surface area contributed by atoms with Crippen LogP contribution in [0.3, 0.4) is 0 Å². The number of aliphatic hydroxyl groups is 1. The SMILES string of the molecule is O=C(CCS(=O)(=O)c1ccccc1)N[C@@H]1COCC[C@H]1O. The van der Waals surface area contributed by atoms with Crippen molar-refractivity contribution in [3.05, 3.63) is 30.3 Å². The summed E-state index contributed by atoms with van der Waals surface area (Å²) in [6.07, 6.45) is -0.318. The Morgan fingerprint density at radius 3 is 2.71 bits per heavy atom. The van der Waals surface area contributed by atoms with Gasteiger partial charge in [-0.2, -0.15) is 0 Å². The zero-order chi connectivity index (χ0) is 15.3. The van der Waals surface area contributed by atoms with Gasteiger partial charge < -0.3 is 15.2 Å². The molecule has 0 spiro atoms. The molecular formula is C14H19NO5S. The van der Waals surface area contributed by atoms with Gasteiger partial charge in [-0.05, 0) is 18.6 Å². The summed E-state index contributed by atoms with van der Waals surface area (Å²) in [5.74, 6) is -0.656. The van der Waals surface area contributed by atoms with Crippen LogP contribution in [-0.4, -0.2) is 50.5 Å². The monoisotopic (exact) mass is 313 g/mol. The Hall–Kier alpha value is -1.44. The fraction of sp³-hybridized carbons (Fsp3) is 0.500. The lowest BCUT2D eigenvalue weighted by atomic mass is 10.1. The number of carbonyl (C=O) groups is 1. The van der Waals surface area contributed by atoms with Crippen molar-refractivity contribution in [2.75, 3.05) is 19.0 Å². The third-order valence-corrected chi connectivity index (χ3v) is 5.10. The van der Waals surface area contributed by atoms with Gasteiger partial charge in [0.05, 0.1) is 29.4 Å². The number of hydrogen-bond donors (Lipinski definition) is 2. The molecule has 1 aliphatic rings. The third-order valence-electron chi connectivity index (χ3n) is 3.37. The quantitative estimate of drug-likeness (QED) is 0.805. The summed E-state index contributed by atoms with van der Waals surface area (Å²) in [5, 5.41) is 12.3. The number of hydrogen-bond acceptors (Lipinski definition) is 5. The minimum atomic E-state index is -3.46. The van der Waals surface area contributed by atoms with Crippen LogP contribution in [0.2, 0.25) is 0 Å². The third kappa shape index (κ3) is 4.52. The van der Waals surface area contributed by atoms with Gasteiger partial charge in [0.25, 0.3) is 0 Å². The summed E-state index contributed by atoms with van der Waals surface area (Å²) < 4.78 is 29.3. The molecular weight excluding hydrogens is 294 g/mol. The summed E-state index contributed by atoms with van der Waals surface area (Å²) in [7, 11) is -3.46. The summed E-state index contributed by atoms with van der Waals surface area (Å²) in [4.78, 5) is 12.0. The van der Waals surface area contributed by atoms with Crippen molar-refractivity contribution in [3.63, 3.8) is 0 Å². The molecule has 2 rings (SSSR count). The van der Waals surface area contributed by atoms with Crippen LogP contribution in [0, 0.1) is 0 Å². The van der Waals surface area contributed by atoms with Crippen LogP contribution < -0.4 is 5.32 Å². The van der Waals surface area contributed by atoms with Gasteiger partial charge in [-0.1, -0.05) is 18.2 Å². The van der Waals surface area contributed by atoms with Crippen molar-refractivity contribution in [1.29, 1.82) is 0 Å². The highest BCUT2D eigenvalue weighted by Crippen LogP contribution is 2.12. The van der Waals surface area contributed by atoms with E-state index in [1.54, 1.807) is 18.2 Å². The van der Waals surface area contributed by atoms with Crippen molar-refractivity contribution in [1.82, 2.24) is 5.32 Å². The molecule has 1 heterocycles. The van der Waals surface area contributed by atoms with E-state index in [9.17, 15) is 18.3 Å². The second-order valence-electron chi connectivity index (χ2n) is 4.99. The smallest absolute Gasteiger partial charge is 0.221 e. The molecule has 1 fully saturated rings. The first-order valence-electron chi connectivity index (χ1n) is 6.82. The molecule has 0 aliphatic carbocycles. The van der Waals surface area contributed by atoms with Crippen molar-refractivity contribution in [2.24, 2.45) is 0 Å². The van der Waals surface area contributed by atoms with E-state index < -0.39 is 27.9 Å². The van der Waals surface area contributed by atoms with Gasteiger partial charge >= 0.3 is 0 Å². The maximum Gasteiger partial charge on any atom is 0.221 e. The average molecular weight is 313 g/mol. The fourth-order valence-electron chi connectivity index (χ4n) is 2.12. The molecule has 6 nitrogen and oxygen atoms in total. The van der Waals surface area contributed by atoms with E-state index in [1.807, 2.05) is 0 Å². The molecule has 1 aromatic carbocycles. The van der Waals surface area contributed by atoms with E-state index in [4.69, 9.17) is 4.74 Å². The maximum absolute atomic E-state index is 12.0. The van der Waals surface area contributed by atoms with Gasteiger partial charge in [0.1, 0.15) is 0 Å². The van der Waals surface area contributed by atoms with Gasteiger partial charge in [-0.3, -0.25) is 4.79 Å². The lowest BCUT2D eigenvalue weighted by Crippen LogP contribution is -2.49. The Labute approximate surface area is 124 Å². The van der Waals surface area contributed by atoms with Crippen LogP contribution in [0.1, 0.15) is 12.8 Å². The van der Waals surface area contributed by atoms with Crippen molar-refractivity contribution in [3.8, 4) is 0 Å². The standard InChI is InChI=1S/C14H19NO5S/c16-13-6-8-20-10-12(13)15-14(17)7-9-21(18,19)11-4-2-1-3-5-11/h1-5,12-13,16H,6-10H2,(H,15,17)/t12-,13-/m1/s1. The first-order chi connectivity index (χ1) is 9.99. The number of ether oxygens (including phenoxy) is 1. The van der Waals surface area contributed by atoms with Crippen LogP contribution >= 0.6 is 0 Å². The predicted octanol–water partition coefficient (Wildman–Crippen LogP) is 0.116. The fourth-order valence-corrected chi connectivity index (χ4v) is 3.38. The lowest BCUT2D eigenvalue weighted by molar-refractivity contribution is -0.124. The maximum atomic E-state index is 12.0. The molecule has 2 N–H and O–H groups in total. The number of nitrogens with one attached hydrogen (secondary N) is 1. The molecule has 116 valence electrons. The van der Waals surface area contributed by atoms with Crippen LogP contribution in [-0.2, 0) is 19.4 Å². The molecule has 1 aliphatic heterocycles. The van der Waals surface area contributed by atoms with Crippen molar-refractivity contribution < 1.29 is 23.1 Å². The van der Waals surface area contributed by atoms with Crippen molar-refractivity contribution >= 4 is 15.7 Å². The molecule has 0 saturated carbocycles. The van der Waals surface area contributed by atoms with E-state index in [-0.39, 0.29) is 23.7 Å². The second-order valence-corrected chi connectivity index (χ2v) is 7.10. The zero-order valence-corrected chi connectivity index (χ0v) is 12.4. The van der Waals surface area contributed by atoms with Gasteiger partial charge in [-0.25, -0.2) is 8.42 Å². The molecule has 7 heteroatoms. The highest BCUT2D eigenvalue weighted by atomic mass is 32.2. The van der Waals surface area contributed by atoms with Crippen molar-refractivity contribution in [2.45, 2.75) is 29.9 Å². The normalized spacial score (nSPS) is 22.7. The van der Waals surface area contributed by atoms with E-state index in [0.29, 0.717) is 13.0 Å². The second kappa shape index (κ2) is 7.02. The minimum absolute atomic E-state index is 0.138. The van der Waals surface area contributed by atoms with Gasteiger partial charge in [-0.15, -0.1) is 0 Å². The van der Waals surface area contributed by atoms with Crippen LogP contribution in [0.5, 0.6) is 0 Å². The van der Waals surface area contributed by atoms with Gasteiger partial charge in [0.15, 0.2) is 9.84 Å². The topological polar surface area (TPSA) is 92.7 Å². The Balaban J connectivity index is 1.86. The Kier molecular flexibility index (Phi) is 5.33. The molecule has 1 amide bonds. The number of aliphatic hydroxyl groups excluding tert-OH is 1. The van der Waals surface area contributed by atoms with E-state index in [0.717, 1.165) is 0 Å². The Morgan fingerprint density at radius 2 is 2.05 bits per heavy atom. The number of amides is 1. The van der Waals surface area contributed by atoms with E-state index in [2.05, 4.69) is 5.32 Å². The summed E-state index contributed by atoms with van der Waals surface area (Å²) in [6, 6.07) is 7.56. The first kappa shape index (κ1) is 15.9. The van der Waals surface area contributed by atoms with Crippen LogP contribution in [0.15, 0.2) is 35.2 Å². The van der Waals surface area contributed by atoms with Crippen LogP contribution in [0.25, 0.3) is 0 Å². The molecule has 21 heavy (non-hydrogen) atoms. The highest BCUT2D eigenvalue weighted by Gasteiger charge is 2.25. The summed E-state index contributed by atoms with van der Waals surface area (Å²) >= 11 is 0.